The lowest BCUT2D eigenvalue weighted by Crippen LogP contribution is -2.34. The van der Waals surface area contributed by atoms with Crippen LogP contribution in [0.1, 0.15) is 50.8 Å². The van der Waals surface area contributed by atoms with E-state index in [4.69, 9.17) is 5.73 Å². The molecule has 1 heterocycles. The molecule has 0 radical (unpaired) electrons. The van der Waals surface area contributed by atoms with Gasteiger partial charge in [0.25, 0.3) is 0 Å². The number of hydrogen-bond donors (Lipinski definition) is 1. The lowest BCUT2D eigenvalue weighted by molar-refractivity contribution is 0.343. The number of hydrogen-bond acceptors (Lipinski definition) is 2. The van der Waals surface area contributed by atoms with Gasteiger partial charge in [0.2, 0.25) is 0 Å². The second-order valence-corrected chi connectivity index (χ2v) is 5.71. The van der Waals surface area contributed by atoms with Gasteiger partial charge in [-0.3, -0.25) is 4.68 Å². The van der Waals surface area contributed by atoms with Gasteiger partial charge >= 0.3 is 0 Å². The Morgan fingerprint density at radius 2 is 2.00 bits per heavy atom. The molecule has 0 atom stereocenters. The van der Waals surface area contributed by atoms with Crippen molar-refractivity contribution in [1.29, 1.82) is 0 Å². The van der Waals surface area contributed by atoms with Gasteiger partial charge in [0.1, 0.15) is 0 Å². The molecule has 0 aliphatic heterocycles. The van der Waals surface area contributed by atoms with Crippen LogP contribution >= 0.6 is 0 Å². The first kappa shape index (κ1) is 10.7. The summed E-state index contributed by atoms with van der Waals surface area (Å²) in [6.07, 6.45) is 4.44. The first-order chi connectivity index (χ1) is 6.88. The van der Waals surface area contributed by atoms with E-state index >= 15 is 0 Å². The topological polar surface area (TPSA) is 43.8 Å². The molecule has 1 aliphatic carbocycles. The summed E-state index contributed by atoms with van der Waals surface area (Å²) >= 11 is 0. The monoisotopic (exact) mass is 207 g/mol. The van der Waals surface area contributed by atoms with Crippen LogP contribution < -0.4 is 5.73 Å². The highest BCUT2D eigenvalue weighted by Crippen LogP contribution is 2.37. The average Bonchev–Trinajstić information content (AvgIpc) is 2.41. The van der Waals surface area contributed by atoms with Crippen molar-refractivity contribution in [3.63, 3.8) is 0 Å². The van der Waals surface area contributed by atoms with E-state index in [9.17, 15) is 0 Å². The van der Waals surface area contributed by atoms with Crippen LogP contribution in [0.3, 0.4) is 0 Å². The fourth-order valence-corrected chi connectivity index (χ4v) is 2.13. The minimum absolute atomic E-state index is 0.0782. The van der Waals surface area contributed by atoms with Gasteiger partial charge < -0.3 is 5.73 Å². The maximum Gasteiger partial charge on any atom is 0.0628 e. The third-order valence-electron chi connectivity index (χ3n) is 3.24. The Bertz CT molecular complexity index is 353. The average molecular weight is 207 g/mol. The summed E-state index contributed by atoms with van der Waals surface area (Å²) in [4.78, 5) is 0. The Morgan fingerprint density at radius 1 is 1.40 bits per heavy atom. The van der Waals surface area contributed by atoms with Crippen molar-refractivity contribution in [1.82, 2.24) is 9.78 Å². The molecule has 0 aromatic carbocycles. The van der Waals surface area contributed by atoms with Crippen molar-refractivity contribution in [3.8, 4) is 0 Å². The molecule has 0 bridgehead atoms. The van der Waals surface area contributed by atoms with Gasteiger partial charge in [-0.2, -0.15) is 5.10 Å². The predicted octanol–water partition coefficient (Wildman–Crippen LogP) is 2.15. The van der Waals surface area contributed by atoms with Crippen molar-refractivity contribution >= 4 is 0 Å². The summed E-state index contributed by atoms with van der Waals surface area (Å²) in [7, 11) is 0. The molecule has 3 heteroatoms. The SMILES string of the molecule is Cc1nn(C(C)(C)C)cc1C1CC(N)C1. The summed E-state index contributed by atoms with van der Waals surface area (Å²) in [5, 5.41) is 4.59. The highest BCUT2D eigenvalue weighted by atomic mass is 15.3. The van der Waals surface area contributed by atoms with E-state index in [1.54, 1.807) is 0 Å². The second kappa shape index (κ2) is 3.34. The smallest absolute Gasteiger partial charge is 0.0628 e. The van der Waals surface area contributed by atoms with Crippen molar-refractivity contribution in [2.75, 3.05) is 0 Å². The highest BCUT2D eigenvalue weighted by molar-refractivity contribution is 5.24. The van der Waals surface area contributed by atoms with E-state index in [2.05, 4.69) is 43.7 Å². The van der Waals surface area contributed by atoms with Gasteiger partial charge in [-0.25, -0.2) is 0 Å². The van der Waals surface area contributed by atoms with Crippen molar-refractivity contribution in [3.05, 3.63) is 17.5 Å². The van der Waals surface area contributed by atoms with Crippen LogP contribution in [-0.4, -0.2) is 15.8 Å². The normalized spacial score (nSPS) is 26.5. The summed E-state index contributed by atoms with van der Waals surface area (Å²) < 4.78 is 2.07. The number of aryl methyl sites for hydroxylation is 1. The molecule has 3 nitrogen and oxygen atoms in total. The van der Waals surface area contributed by atoms with Crippen molar-refractivity contribution in [2.45, 2.75) is 58.0 Å². The molecular weight excluding hydrogens is 186 g/mol. The van der Waals surface area contributed by atoms with E-state index in [1.807, 2.05) is 0 Å². The van der Waals surface area contributed by atoms with E-state index in [1.165, 1.54) is 11.3 Å². The fourth-order valence-electron chi connectivity index (χ4n) is 2.13. The summed E-state index contributed by atoms with van der Waals surface area (Å²) in [6.45, 7) is 8.63. The first-order valence-electron chi connectivity index (χ1n) is 5.70. The first-order valence-corrected chi connectivity index (χ1v) is 5.70. The molecule has 0 saturated heterocycles. The Kier molecular flexibility index (Phi) is 2.38. The lowest BCUT2D eigenvalue weighted by atomic mass is 9.76. The molecule has 0 spiro atoms. The molecule has 0 unspecified atom stereocenters. The predicted molar refractivity (Wildman–Crippen MR) is 61.9 cm³/mol. The highest BCUT2D eigenvalue weighted by Gasteiger charge is 2.30. The van der Waals surface area contributed by atoms with Crippen LogP contribution in [0.2, 0.25) is 0 Å². The molecule has 84 valence electrons. The van der Waals surface area contributed by atoms with E-state index in [0.29, 0.717) is 12.0 Å². The number of nitrogens with zero attached hydrogens (tertiary/aromatic N) is 2. The van der Waals surface area contributed by atoms with Crippen LogP contribution in [0.25, 0.3) is 0 Å². The number of nitrogens with two attached hydrogens (primary N) is 1. The fraction of sp³-hybridized carbons (Fsp3) is 0.750. The molecule has 2 N–H and O–H groups in total. The van der Waals surface area contributed by atoms with E-state index in [0.717, 1.165) is 12.8 Å². The number of rotatable bonds is 1. The molecule has 0 amide bonds. The van der Waals surface area contributed by atoms with Crippen LogP contribution in [0.5, 0.6) is 0 Å². The largest absolute Gasteiger partial charge is 0.328 e. The summed E-state index contributed by atoms with van der Waals surface area (Å²) in [6, 6.07) is 0.410. The van der Waals surface area contributed by atoms with Crippen LogP contribution in [0.4, 0.5) is 0 Å². The summed E-state index contributed by atoms with van der Waals surface area (Å²) in [5.74, 6) is 0.649. The van der Waals surface area contributed by atoms with Gasteiger partial charge in [-0.1, -0.05) is 0 Å². The van der Waals surface area contributed by atoms with Gasteiger partial charge in [-0.15, -0.1) is 0 Å². The molecule has 1 aromatic heterocycles. The Balaban J connectivity index is 2.23. The molecule has 1 aliphatic rings. The van der Waals surface area contributed by atoms with E-state index < -0.39 is 0 Å². The maximum absolute atomic E-state index is 5.82. The standard InChI is InChI=1S/C12H21N3/c1-8-11(9-5-10(13)6-9)7-15(14-8)12(2,3)4/h7,9-10H,5-6,13H2,1-4H3. The third-order valence-corrected chi connectivity index (χ3v) is 3.24. The molecular formula is C12H21N3. The molecule has 1 fully saturated rings. The molecule has 1 saturated carbocycles. The Hall–Kier alpha value is -0.830. The zero-order chi connectivity index (χ0) is 11.2. The third kappa shape index (κ3) is 1.93. The Labute approximate surface area is 91.7 Å². The van der Waals surface area contributed by atoms with Gasteiger partial charge in [0.05, 0.1) is 11.2 Å². The minimum Gasteiger partial charge on any atom is -0.328 e. The minimum atomic E-state index is 0.0782. The number of aromatic nitrogens is 2. The van der Waals surface area contributed by atoms with Gasteiger partial charge in [0, 0.05) is 12.2 Å². The summed E-state index contributed by atoms with van der Waals surface area (Å²) in [5.41, 5.74) is 8.46. The molecule has 2 rings (SSSR count). The van der Waals surface area contributed by atoms with Crippen LogP contribution in [-0.2, 0) is 5.54 Å². The maximum atomic E-state index is 5.82. The molecule has 1 aromatic rings. The lowest BCUT2D eigenvalue weighted by Gasteiger charge is -2.32. The van der Waals surface area contributed by atoms with E-state index in [-0.39, 0.29) is 5.54 Å². The second-order valence-electron chi connectivity index (χ2n) is 5.71. The van der Waals surface area contributed by atoms with Gasteiger partial charge in [0.15, 0.2) is 0 Å². The van der Waals surface area contributed by atoms with Crippen molar-refractivity contribution in [2.24, 2.45) is 5.73 Å². The zero-order valence-electron chi connectivity index (χ0n) is 10.1. The van der Waals surface area contributed by atoms with Crippen LogP contribution in [0, 0.1) is 6.92 Å². The molecule has 15 heavy (non-hydrogen) atoms. The quantitative estimate of drug-likeness (QED) is 0.767. The van der Waals surface area contributed by atoms with Gasteiger partial charge in [-0.05, 0) is 52.0 Å². The van der Waals surface area contributed by atoms with Crippen molar-refractivity contribution < 1.29 is 0 Å². The Morgan fingerprint density at radius 3 is 2.40 bits per heavy atom. The zero-order valence-corrected chi connectivity index (χ0v) is 10.1. The van der Waals surface area contributed by atoms with Crippen LogP contribution in [0.15, 0.2) is 6.20 Å².